The smallest absolute Gasteiger partial charge is 0.135 e. The van der Waals surface area contributed by atoms with E-state index in [1.54, 1.807) is 0 Å². The Balaban J connectivity index is 2.47. The zero-order chi connectivity index (χ0) is 8.55. The van der Waals surface area contributed by atoms with Crippen LogP contribution in [-0.4, -0.2) is 4.37 Å². The van der Waals surface area contributed by atoms with Crippen LogP contribution < -0.4 is 10.9 Å². The molecule has 2 heterocycles. The molecule has 3 nitrogen and oxygen atoms in total. The lowest BCUT2D eigenvalue weighted by atomic mass is 10.1. The molecule has 0 aromatic carbocycles. The topological polar surface area (TPSA) is 37.0 Å². The molecule has 0 saturated heterocycles. The second-order valence-corrected chi connectivity index (χ2v) is 3.84. The minimum atomic E-state index is 0.495. The van der Waals surface area contributed by atoms with Crippen LogP contribution in [0.25, 0.3) is 6.08 Å². The Morgan fingerprint density at radius 1 is 1.50 bits per heavy atom. The minimum absolute atomic E-state index is 0.495. The molecular formula is C8H11N3S. The third kappa shape index (κ3) is 1.08. The quantitative estimate of drug-likeness (QED) is 0.697. The maximum atomic E-state index is 4.39. The SMILES string of the molecule is CC(C)c1nsc2c1C=CNN2. The summed E-state index contributed by atoms with van der Waals surface area (Å²) >= 11 is 1.51. The molecule has 0 aliphatic carbocycles. The van der Waals surface area contributed by atoms with Crippen molar-refractivity contribution in [3.8, 4) is 0 Å². The van der Waals surface area contributed by atoms with E-state index in [4.69, 9.17) is 0 Å². The van der Waals surface area contributed by atoms with Crippen LogP contribution in [-0.2, 0) is 0 Å². The lowest BCUT2D eigenvalue weighted by Gasteiger charge is -2.10. The highest BCUT2D eigenvalue weighted by atomic mass is 32.1. The van der Waals surface area contributed by atoms with Gasteiger partial charge in [0.15, 0.2) is 0 Å². The number of hydrazine groups is 1. The van der Waals surface area contributed by atoms with Crippen LogP contribution in [0.1, 0.15) is 31.0 Å². The van der Waals surface area contributed by atoms with Crippen LogP contribution in [0.5, 0.6) is 0 Å². The molecule has 0 spiro atoms. The minimum Gasteiger partial charge on any atom is -0.307 e. The maximum absolute atomic E-state index is 4.39. The number of nitrogens with zero attached hydrogens (tertiary/aromatic N) is 1. The second-order valence-electron chi connectivity index (χ2n) is 3.07. The van der Waals surface area contributed by atoms with Crippen LogP contribution in [0.15, 0.2) is 6.20 Å². The van der Waals surface area contributed by atoms with Gasteiger partial charge in [-0.15, -0.1) is 0 Å². The van der Waals surface area contributed by atoms with E-state index in [2.05, 4.69) is 35.1 Å². The van der Waals surface area contributed by atoms with Crippen LogP contribution >= 0.6 is 11.5 Å². The Labute approximate surface area is 75.6 Å². The van der Waals surface area contributed by atoms with E-state index in [1.807, 2.05) is 6.20 Å². The van der Waals surface area contributed by atoms with Crippen molar-refractivity contribution >= 4 is 22.6 Å². The summed E-state index contributed by atoms with van der Waals surface area (Å²) < 4.78 is 4.39. The van der Waals surface area contributed by atoms with Crippen LogP contribution in [0, 0.1) is 0 Å². The van der Waals surface area contributed by atoms with Crippen LogP contribution in [0.2, 0.25) is 0 Å². The van der Waals surface area contributed by atoms with Gasteiger partial charge < -0.3 is 5.43 Å². The summed E-state index contributed by atoms with van der Waals surface area (Å²) in [5.41, 5.74) is 8.40. The Hall–Kier alpha value is -1.03. The van der Waals surface area contributed by atoms with Crippen LogP contribution in [0.4, 0.5) is 5.00 Å². The standard InChI is InChI=1S/C8H11N3S/c1-5(2)7-6-3-4-9-10-8(6)12-11-7/h3-5,9-10H,1-2H3. The van der Waals surface area contributed by atoms with Gasteiger partial charge in [-0.05, 0) is 23.5 Å². The fraction of sp³-hybridized carbons (Fsp3) is 0.375. The molecule has 1 aromatic heterocycles. The predicted octanol–water partition coefficient (Wildman–Crippen LogP) is 2.17. The van der Waals surface area contributed by atoms with Gasteiger partial charge in [0.2, 0.25) is 0 Å². The van der Waals surface area contributed by atoms with Crippen molar-refractivity contribution in [3.05, 3.63) is 17.5 Å². The zero-order valence-electron chi connectivity index (χ0n) is 7.09. The van der Waals surface area contributed by atoms with Gasteiger partial charge in [0, 0.05) is 11.8 Å². The van der Waals surface area contributed by atoms with E-state index < -0.39 is 0 Å². The van der Waals surface area contributed by atoms with Gasteiger partial charge in [-0.1, -0.05) is 13.8 Å². The lowest BCUT2D eigenvalue weighted by molar-refractivity contribution is 0.837. The van der Waals surface area contributed by atoms with E-state index >= 15 is 0 Å². The van der Waals surface area contributed by atoms with E-state index in [0.717, 1.165) is 5.00 Å². The van der Waals surface area contributed by atoms with Gasteiger partial charge in [0.1, 0.15) is 5.00 Å². The first-order valence-electron chi connectivity index (χ1n) is 3.96. The summed E-state index contributed by atoms with van der Waals surface area (Å²) in [5, 5.41) is 1.11. The van der Waals surface area contributed by atoms with Crippen molar-refractivity contribution in [3.63, 3.8) is 0 Å². The molecule has 4 heteroatoms. The average Bonchev–Trinajstić information content (AvgIpc) is 2.47. The summed E-state index contributed by atoms with van der Waals surface area (Å²) in [6.07, 6.45) is 3.95. The molecule has 0 fully saturated rings. The fourth-order valence-electron chi connectivity index (χ4n) is 1.21. The molecule has 64 valence electrons. The summed E-state index contributed by atoms with van der Waals surface area (Å²) in [6.45, 7) is 4.32. The Bertz CT molecular complexity index is 314. The molecule has 2 N–H and O–H groups in total. The molecule has 0 amide bonds. The number of aromatic nitrogens is 1. The highest BCUT2D eigenvalue weighted by Gasteiger charge is 2.15. The van der Waals surface area contributed by atoms with Gasteiger partial charge in [0.25, 0.3) is 0 Å². The summed E-state index contributed by atoms with van der Waals surface area (Å²) in [6, 6.07) is 0. The van der Waals surface area contributed by atoms with E-state index in [1.165, 1.54) is 22.8 Å². The first-order chi connectivity index (χ1) is 5.79. The van der Waals surface area contributed by atoms with Crippen molar-refractivity contribution < 1.29 is 0 Å². The van der Waals surface area contributed by atoms with E-state index in [9.17, 15) is 0 Å². The Kier molecular flexibility index (Phi) is 1.77. The largest absolute Gasteiger partial charge is 0.307 e. The van der Waals surface area contributed by atoms with Gasteiger partial charge in [-0.3, -0.25) is 5.43 Å². The molecule has 1 aliphatic rings. The first kappa shape index (κ1) is 7.61. The van der Waals surface area contributed by atoms with E-state index in [-0.39, 0.29) is 0 Å². The Morgan fingerprint density at radius 3 is 3.08 bits per heavy atom. The van der Waals surface area contributed by atoms with Crippen molar-refractivity contribution in [2.24, 2.45) is 0 Å². The number of fused-ring (bicyclic) bond motifs is 1. The number of rotatable bonds is 1. The maximum Gasteiger partial charge on any atom is 0.135 e. The molecule has 1 aromatic rings. The third-order valence-corrected chi connectivity index (χ3v) is 2.61. The van der Waals surface area contributed by atoms with Crippen molar-refractivity contribution in [2.45, 2.75) is 19.8 Å². The average molecular weight is 181 g/mol. The molecule has 0 saturated carbocycles. The second kappa shape index (κ2) is 2.79. The highest BCUT2D eigenvalue weighted by molar-refractivity contribution is 7.10. The van der Waals surface area contributed by atoms with Crippen molar-refractivity contribution in [2.75, 3.05) is 5.43 Å². The molecular weight excluding hydrogens is 170 g/mol. The lowest BCUT2D eigenvalue weighted by Crippen LogP contribution is -2.16. The molecule has 12 heavy (non-hydrogen) atoms. The monoisotopic (exact) mass is 181 g/mol. The van der Waals surface area contributed by atoms with Gasteiger partial charge in [-0.25, -0.2) is 0 Å². The molecule has 0 bridgehead atoms. The predicted molar refractivity (Wildman–Crippen MR) is 52.0 cm³/mol. The Morgan fingerprint density at radius 2 is 2.33 bits per heavy atom. The molecule has 0 radical (unpaired) electrons. The summed E-state index contributed by atoms with van der Waals surface area (Å²) in [4.78, 5) is 0. The zero-order valence-corrected chi connectivity index (χ0v) is 7.90. The van der Waals surface area contributed by atoms with Crippen LogP contribution in [0.3, 0.4) is 0 Å². The molecule has 2 rings (SSSR count). The number of anilines is 1. The first-order valence-corrected chi connectivity index (χ1v) is 4.74. The number of hydrogen-bond donors (Lipinski definition) is 2. The van der Waals surface area contributed by atoms with Gasteiger partial charge >= 0.3 is 0 Å². The fourth-order valence-corrected chi connectivity index (χ4v) is 2.08. The molecule has 0 atom stereocenters. The van der Waals surface area contributed by atoms with Gasteiger partial charge in [-0.2, -0.15) is 4.37 Å². The highest BCUT2D eigenvalue weighted by Crippen LogP contribution is 2.31. The number of nitrogens with one attached hydrogen (secondary N) is 2. The van der Waals surface area contributed by atoms with Gasteiger partial charge in [0.05, 0.1) is 5.69 Å². The van der Waals surface area contributed by atoms with E-state index in [0.29, 0.717) is 5.92 Å². The van der Waals surface area contributed by atoms with Crippen molar-refractivity contribution in [1.29, 1.82) is 0 Å². The van der Waals surface area contributed by atoms with Crippen molar-refractivity contribution in [1.82, 2.24) is 9.80 Å². The number of hydrogen-bond acceptors (Lipinski definition) is 4. The molecule has 1 aliphatic heterocycles. The third-order valence-electron chi connectivity index (χ3n) is 1.82. The molecule has 0 unspecified atom stereocenters. The summed E-state index contributed by atoms with van der Waals surface area (Å²) in [5.74, 6) is 0.495. The summed E-state index contributed by atoms with van der Waals surface area (Å²) in [7, 11) is 0. The normalized spacial score (nSPS) is 13.9.